The van der Waals surface area contributed by atoms with E-state index in [1.807, 2.05) is 6.92 Å². The Morgan fingerprint density at radius 3 is 2.50 bits per heavy atom. The van der Waals surface area contributed by atoms with Crippen molar-refractivity contribution in [3.05, 3.63) is 0 Å². The SMILES string of the molecule is C[C@H]1[C@@H](O[C@@H](C)C(F)(F)F)O[C@@H]2O[C@@]3(C)CC[C@H]4[C@H](C)CC[C@@H]1[C@@]24OO3. The normalized spacial score (nSPS) is 52.3. The van der Waals surface area contributed by atoms with E-state index in [-0.39, 0.29) is 17.8 Å². The predicted molar refractivity (Wildman–Crippen MR) is 83.4 cm³/mol. The maximum Gasteiger partial charge on any atom is 0.414 e. The van der Waals surface area contributed by atoms with Crippen LogP contribution in [0.1, 0.15) is 53.4 Å². The van der Waals surface area contributed by atoms with E-state index in [9.17, 15) is 13.2 Å². The summed E-state index contributed by atoms with van der Waals surface area (Å²) in [7, 11) is 0. The van der Waals surface area contributed by atoms with Gasteiger partial charge < -0.3 is 14.2 Å². The molecule has 1 saturated carbocycles. The summed E-state index contributed by atoms with van der Waals surface area (Å²) in [6.45, 7) is 6.86. The van der Waals surface area contributed by atoms with Crippen LogP contribution in [0.3, 0.4) is 0 Å². The number of alkyl halides is 3. The van der Waals surface area contributed by atoms with Crippen LogP contribution in [0.25, 0.3) is 0 Å². The lowest BCUT2D eigenvalue weighted by atomic mass is 9.58. The average Bonchev–Trinajstić information content (AvgIpc) is 2.77. The minimum Gasteiger partial charge on any atom is -0.340 e. The van der Waals surface area contributed by atoms with Crippen LogP contribution in [0.2, 0.25) is 0 Å². The van der Waals surface area contributed by atoms with Crippen molar-refractivity contribution in [2.75, 3.05) is 0 Å². The summed E-state index contributed by atoms with van der Waals surface area (Å²) < 4.78 is 56.3. The molecule has 0 aromatic carbocycles. The Balaban J connectivity index is 1.66. The van der Waals surface area contributed by atoms with Gasteiger partial charge in [0.15, 0.2) is 24.3 Å². The second-order valence-corrected chi connectivity index (χ2v) is 8.59. The van der Waals surface area contributed by atoms with E-state index in [0.29, 0.717) is 12.3 Å². The highest BCUT2D eigenvalue weighted by Crippen LogP contribution is 2.60. The van der Waals surface area contributed by atoms with Gasteiger partial charge in [0.05, 0.1) is 0 Å². The quantitative estimate of drug-likeness (QED) is 0.673. The van der Waals surface area contributed by atoms with Crippen molar-refractivity contribution in [3.8, 4) is 0 Å². The molecular formula is C18H27F3O5. The number of rotatable bonds is 2. The molecular weight excluding hydrogens is 353 g/mol. The number of hydrogen-bond donors (Lipinski definition) is 0. The van der Waals surface area contributed by atoms with Crippen molar-refractivity contribution in [1.29, 1.82) is 0 Å². The van der Waals surface area contributed by atoms with Crippen LogP contribution in [0.4, 0.5) is 13.2 Å². The maximum absolute atomic E-state index is 13.0. The zero-order valence-corrected chi connectivity index (χ0v) is 15.5. The van der Waals surface area contributed by atoms with Gasteiger partial charge in [0.25, 0.3) is 0 Å². The number of ether oxygens (including phenoxy) is 3. The van der Waals surface area contributed by atoms with Crippen LogP contribution in [0.5, 0.6) is 0 Å². The number of fused-ring (bicyclic) bond motifs is 2. The summed E-state index contributed by atoms with van der Waals surface area (Å²) in [6.07, 6.45) is -4.76. The molecule has 8 heteroatoms. The Labute approximate surface area is 151 Å². The zero-order chi connectivity index (χ0) is 18.9. The highest BCUT2D eigenvalue weighted by Gasteiger charge is 2.69. The molecule has 5 aliphatic rings. The van der Waals surface area contributed by atoms with Gasteiger partial charge in [0.2, 0.25) is 5.79 Å². The van der Waals surface area contributed by atoms with Gasteiger partial charge in [-0.05, 0) is 44.9 Å². The summed E-state index contributed by atoms with van der Waals surface area (Å²) >= 11 is 0. The number of halogens is 3. The van der Waals surface area contributed by atoms with Gasteiger partial charge in [0, 0.05) is 18.3 Å². The molecule has 4 saturated heterocycles. The first-order chi connectivity index (χ1) is 12.1. The van der Waals surface area contributed by atoms with Crippen molar-refractivity contribution in [3.63, 3.8) is 0 Å². The lowest BCUT2D eigenvalue weighted by Crippen LogP contribution is -2.70. The van der Waals surface area contributed by atoms with Crippen molar-refractivity contribution in [1.82, 2.24) is 0 Å². The van der Waals surface area contributed by atoms with Gasteiger partial charge >= 0.3 is 6.18 Å². The molecule has 5 nitrogen and oxygen atoms in total. The average molecular weight is 380 g/mol. The summed E-state index contributed by atoms with van der Waals surface area (Å²) in [5.74, 6) is -0.669. The third-order valence-electron chi connectivity index (χ3n) is 6.90. The summed E-state index contributed by atoms with van der Waals surface area (Å²) in [5.41, 5.74) is -0.783. The molecule has 0 unspecified atom stereocenters. The van der Waals surface area contributed by atoms with Gasteiger partial charge in [-0.3, -0.25) is 0 Å². The molecule has 9 atom stereocenters. The molecule has 1 spiro atoms. The van der Waals surface area contributed by atoms with E-state index >= 15 is 0 Å². The molecule has 0 radical (unpaired) electrons. The van der Waals surface area contributed by atoms with Crippen LogP contribution in [-0.4, -0.2) is 36.2 Å². The first-order valence-electron chi connectivity index (χ1n) is 9.49. The summed E-state index contributed by atoms with van der Waals surface area (Å²) in [6, 6.07) is 0. The second kappa shape index (κ2) is 6.04. The van der Waals surface area contributed by atoms with E-state index in [0.717, 1.165) is 26.2 Å². The fourth-order valence-corrected chi connectivity index (χ4v) is 5.31. The summed E-state index contributed by atoms with van der Waals surface area (Å²) in [5, 5.41) is 0. The third-order valence-corrected chi connectivity index (χ3v) is 6.90. The maximum atomic E-state index is 13.0. The highest BCUT2D eigenvalue weighted by molar-refractivity contribution is 5.09. The molecule has 0 amide bonds. The van der Waals surface area contributed by atoms with Crippen molar-refractivity contribution < 1.29 is 37.2 Å². The molecule has 5 fully saturated rings. The smallest absolute Gasteiger partial charge is 0.340 e. The van der Waals surface area contributed by atoms with Gasteiger partial charge in [-0.2, -0.15) is 13.2 Å². The standard InChI is InChI=1S/C18H27F3O5/c1-9-5-6-13-10(2)14(22-11(3)18(19,20)21)23-15-17(13)12(9)7-8-16(4,24-15)25-26-17/h9-15H,5-8H2,1-4H3/t9-,10-,11+,12+,13+,14+,15-,16-,17-/m1/s1. The Kier molecular flexibility index (Phi) is 4.40. The van der Waals surface area contributed by atoms with E-state index in [1.165, 1.54) is 0 Å². The molecule has 4 aliphatic heterocycles. The monoisotopic (exact) mass is 380 g/mol. The Bertz CT molecular complexity index is 557. The predicted octanol–water partition coefficient (Wildman–Crippen LogP) is 4.16. The molecule has 150 valence electrons. The fraction of sp³-hybridized carbons (Fsp3) is 1.00. The Morgan fingerprint density at radius 2 is 1.81 bits per heavy atom. The van der Waals surface area contributed by atoms with Crippen molar-refractivity contribution in [2.24, 2.45) is 23.7 Å². The van der Waals surface area contributed by atoms with E-state index < -0.39 is 36.2 Å². The van der Waals surface area contributed by atoms with Crippen LogP contribution in [0.15, 0.2) is 0 Å². The molecule has 0 N–H and O–H groups in total. The molecule has 0 aromatic heterocycles. The Hall–Kier alpha value is -0.410. The first-order valence-corrected chi connectivity index (χ1v) is 9.49. The Morgan fingerprint density at radius 1 is 1.08 bits per heavy atom. The van der Waals surface area contributed by atoms with Crippen molar-refractivity contribution in [2.45, 2.75) is 89.6 Å². The van der Waals surface area contributed by atoms with Gasteiger partial charge in [-0.25, -0.2) is 9.78 Å². The lowest BCUT2D eigenvalue weighted by Gasteiger charge is -2.60. The molecule has 26 heavy (non-hydrogen) atoms. The topological polar surface area (TPSA) is 46.2 Å². The molecule has 4 heterocycles. The van der Waals surface area contributed by atoms with E-state index in [4.69, 9.17) is 24.0 Å². The van der Waals surface area contributed by atoms with E-state index in [2.05, 4.69) is 6.92 Å². The van der Waals surface area contributed by atoms with Crippen LogP contribution in [0, 0.1) is 23.7 Å². The van der Waals surface area contributed by atoms with Gasteiger partial charge in [-0.15, -0.1) is 0 Å². The summed E-state index contributed by atoms with van der Waals surface area (Å²) in [4.78, 5) is 11.6. The van der Waals surface area contributed by atoms with Crippen LogP contribution in [-0.2, 0) is 24.0 Å². The minimum absolute atomic E-state index is 0.0458. The van der Waals surface area contributed by atoms with Crippen LogP contribution < -0.4 is 0 Å². The number of hydrogen-bond acceptors (Lipinski definition) is 5. The van der Waals surface area contributed by atoms with Crippen LogP contribution >= 0.6 is 0 Å². The molecule has 2 bridgehead atoms. The zero-order valence-electron chi connectivity index (χ0n) is 15.5. The first kappa shape index (κ1) is 18.9. The second-order valence-electron chi connectivity index (χ2n) is 8.59. The van der Waals surface area contributed by atoms with E-state index in [1.54, 1.807) is 6.92 Å². The molecule has 1 aliphatic carbocycles. The van der Waals surface area contributed by atoms with Gasteiger partial charge in [-0.1, -0.05) is 13.8 Å². The molecule has 0 aromatic rings. The fourth-order valence-electron chi connectivity index (χ4n) is 5.31. The minimum atomic E-state index is -4.43. The van der Waals surface area contributed by atoms with Crippen molar-refractivity contribution >= 4 is 0 Å². The molecule has 5 rings (SSSR count). The van der Waals surface area contributed by atoms with Gasteiger partial charge in [0.1, 0.15) is 0 Å². The third kappa shape index (κ3) is 2.71. The largest absolute Gasteiger partial charge is 0.414 e. The lowest BCUT2D eigenvalue weighted by molar-refractivity contribution is -0.578. The highest BCUT2D eigenvalue weighted by atomic mass is 19.4.